The highest BCUT2D eigenvalue weighted by molar-refractivity contribution is 5.86. The number of carbonyl (C=O) groups excluding carboxylic acids is 2. The minimum atomic E-state index is -0.263. The fourth-order valence-electron chi connectivity index (χ4n) is 2.66. The molecule has 110 valence electrons. The smallest absolute Gasteiger partial charge is 0.308 e. The molecule has 0 aromatic carbocycles. The molecule has 0 aliphatic heterocycles. The van der Waals surface area contributed by atoms with Gasteiger partial charge in [0.15, 0.2) is 0 Å². The van der Waals surface area contributed by atoms with E-state index in [-0.39, 0.29) is 23.2 Å². The first-order chi connectivity index (χ1) is 8.71. The number of carbonyl (C=O) groups is 2. The minimum absolute atomic E-state index is 0.0735. The quantitative estimate of drug-likeness (QED) is 0.732. The molecule has 19 heavy (non-hydrogen) atoms. The molecule has 3 nitrogen and oxygen atoms in total. The van der Waals surface area contributed by atoms with E-state index < -0.39 is 0 Å². The topological polar surface area (TPSA) is 43.4 Å². The molecule has 0 aromatic heterocycles. The Morgan fingerprint density at radius 2 is 1.84 bits per heavy atom. The van der Waals surface area contributed by atoms with Gasteiger partial charge in [-0.15, -0.1) is 0 Å². The van der Waals surface area contributed by atoms with Crippen molar-refractivity contribution in [3.63, 3.8) is 0 Å². The van der Waals surface area contributed by atoms with Gasteiger partial charge in [-0.25, -0.2) is 0 Å². The summed E-state index contributed by atoms with van der Waals surface area (Å²) >= 11 is 0. The van der Waals surface area contributed by atoms with E-state index >= 15 is 0 Å². The average molecular weight is 268 g/mol. The maximum atomic E-state index is 12.3. The van der Waals surface area contributed by atoms with Crippen molar-refractivity contribution >= 4 is 11.8 Å². The zero-order valence-corrected chi connectivity index (χ0v) is 13.0. The molecule has 0 bridgehead atoms. The molecule has 1 aliphatic carbocycles. The summed E-state index contributed by atoms with van der Waals surface area (Å²) in [6.45, 7) is 10.1. The van der Waals surface area contributed by atoms with Gasteiger partial charge in [-0.05, 0) is 25.2 Å². The lowest BCUT2D eigenvalue weighted by Gasteiger charge is -2.32. The summed E-state index contributed by atoms with van der Waals surface area (Å²) in [6, 6.07) is 0. The van der Waals surface area contributed by atoms with Gasteiger partial charge in [-0.1, -0.05) is 41.0 Å². The van der Waals surface area contributed by atoms with Crippen molar-refractivity contribution in [1.29, 1.82) is 0 Å². The second kappa shape index (κ2) is 6.53. The fraction of sp³-hybridized carbons (Fsp3) is 0.875. The van der Waals surface area contributed by atoms with E-state index in [9.17, 15) is 9.59 Å². The molecule has 2 atom stereocenters. The minimum Gasteiger partial charge on any atom is -0.465 e. The van der Waals surface area contributed by atoms with E-state index in [0.717, 1.165) is 25.7 Å². The molecule has 0 saturated heterocycles. The van der Waals surface area contributed by atoms with E-state index in [0.29, 0.717) is 18.3 Å². The normalized spacial score (nSPS) is 24.3. The summed E-state index contributed by atoms with van der Waals surface area (Å²) in [7, 11) is 0. The van der Waals surface area contributed by atoms with Crippen LogP contribution in [0.5, 0.6) is 0 Å². The zero-order chi connectivity index (χ0) is 14.6. The van der Waals surface area contributed by atoms with Gasteiger partial charge >= 0.3 is 5.97 Å². The molecule has 0 radical (unpaired) electrons. The van der Waals surface area contributed by atoms with Gasteiger partial charge in [0.2, 0.25) is 0 Å². The SMILES string of the molecule is CC(C)C(=O)OCC1CCCC(C(=O)C(C)(C)C)C1. The molecular weight excluding hydrogens is 240 g/mol. The van der Waals surface area contributed by atoms with E-state index in [2.05, 4.69) is 0 Å². The lowest BCUT2D eigenvalue weighted by molar-refractivity contribution is -0.149. The van der Waals surface area contributed by atoms with Crippen molar-refractivity contribution in [1.82, 2.24) is 0 Å². The highest BCUT2D eigenvalue weighted by atomic mass is 16.5. The molecule has 2 unspecified atom stereocenters. The van der Waals surface area contributed by atoms with Crippen molar-refractivity contribution in [3.05, 3.63) is 0 Å². The number of ether oxygens (including phenoxy) is 1. The Morgan fingerprint density at radius 1 is 1.21 bits per heavy atom. The molecule has 0 heterocycles. The predicted octanol–water partition coefficient (Wildman–Crippen LogP) is 3.61. The van der Waals surface area contributed by atoms with E-state index in [1.807, 2.05) is 34.6 Å². The van der Waals surface area contributed by atoms with Gasteiger partial charge < -0.3 is 4.74 Å². The third kappa shape index (κ3) is 4.96. The maximum Gasteiger partial charge on any atom is 0.308 e. The van der Waals surface area contributed by atoms with Crippen LogP contribution in [0.3, 0.4) is 0 Å². The molecule has 1 fully saturated rings. The first-order valence-electron chi connectivity index (χ1n) is 7.42. The second-order valence-electron chi connectivity index (χ2n) is 7.13. The lowest BCUT2D eigenvalue weighted by Crippen LogP contribution is -2.33. The van der Waals surface area contributed by atoms with Crippen molar-refractivity contribution in [2.75, 3.05) is 6.61 Å². The molecule has 1 rings (SSSR count). The van der Waals surface area contributed by atoms with Gasteiger partial charge in [0.05, 0.1) is 12.5 Å². The number of hydrogen-bond donors (Lipinski definition) is 0. The van der Waals surface area contributed by atoms with Crippen LogP contribution in [0, 0.1) is 23.2 Å². The van der Waals surface area contributed by atoms with Gasteiger partial charge in [0.25, 0.3) is 0 Å². The van der Waals surface area contributed by atoms with Gasteiger partial charge in [-0.2, -0.15) is 0 Å². The fourth-order valence-corrected chi connectivity index (χ4v) is 2.66. The number of esters is 1. The Bertz CT molecular complexity index is 325. The Morgan fingerprint density at radius 3 is 2.37 bits per heavy atom. The highest BCUT2D eigenvalue weighted by Gasteiger charge is 2.33. The standard InChI is InChI=1S/C16H28O3/c1-11(2)15(18)19-10-12-7-6-8-13(9-12)14(17)16(3,4)5/h11-13H,6-10H2,1-5H3. The molecular formula is C16H28O3. The molecule has 0 N–H and O–H groups in total. The number of rotatable bonds is 4. The summed E-state index contributed by atoms with van der Waals surface area (Å²) in [5.41, 5.74) is -0.263. The molecule has 3 heteroatoms. The third-order valence-corrected chi connectivity index (χ3v) is 3.83. The summed E-state index contributed by atoms with van der Waals surface area (Å²) in [6.07, 6.45) is 4.00. The van der Waals surface area contributed by atoms with Crippen LogP contribution in [0.15, 0.2) is 0 Å². The van der Waals surface area contributed by atoms with Crippen LogP contribution in [0.2, 0.25) is 0 Å². The molecule has 1 saturated carbocycles. The number of ketones is 1. The lowest BCUT2D eigenvalue weighted by atomic mass is 9.73. The van der Waals surface area contributed by atoms with Crippen molar-refractivity contribution in [3.8, 4) is 0 Å². The van der Waals surface area contributed by atoms with Crippen LogP contribution in [-0.2, 0) is 14.3 Å². The van der Waals surface area contributed by atoms with Gasteiger partial charge in [-0.3, -0.25) is 9.59 Å². The Kier molecular flexibility index (Phi) is 5.57. The molecule has 0 aromatic rings. The Hall–Kier alpha value is -0.860. The van der Waals surface area contributed by atoms with Crippen LogP contribution < -0.4 is 0 Å². The summed E-state index contributed by atoms with van der Waals surface area (Å²) in [5.74, 6) is 0.650. The molecule has 0 amide bonds. The zero-order valence-electron chi connectivity index (χ0n) is 13.0. The largest absolute Gasteiger partial charge is 0.465 e. The first-order valence-corrected chi connectivity index (χ1v) is 7.42. The summed E-state index contributed by atoms with van der Waals surface area (Å²) in [5, 5.41) is 0. The maximum absolute atomic E-state index is 12.3. The molecule has 1 aliphatic rings. The van der Waals surface area contributed by atoms with E-state index in [1.54, 1.807) is 0 Å². The van der Waals surface area contributed by atoms with Crippen LogP contribution in [0.4, 0.5) is 0 Å². The van der Waals surface area contributed by atoms with Crippen molar-refractivity contribution in [2.24, 2.45) is 23.2 Å². The van der Waals surface area contributed by atoms with E-state index in [4.69, 9.17) is 4.74 Å². The van der Waals surface area contributed by atoms with Crippen LogP contribution in [0.25, 0.3) is 0 Å². The molecule has 0 spiro atoms. The van der Waals surface area contributed by atoms with E-state index in [1.165, 1.54) is 0 Å². The van der Waals surface area contributed by atoms with Gasteiger partial charge in [0.1, 0.15) is 5.78 Å². The number of hydrogen-bond acceptors (Lipinski definition) is 3. The van der Waals surface area contributed by atoms with Crippen LogP contribution in [-0.4, -0.2) is 18.4 Å². The predicted molar refractivity (Wildman–Crippen MR) is 75.7 cm³/mol. The Balaban J connectivity index is 2.47. The summed E-state index contributed by atoms with van der Waals surface area (Å²) in [4.78, 5) is 23.8. The van der Waals surface area contributed by atoms with Crippen LogP contribution >= 0.6 is 0 Å². The van der Waals surface area contributed by atoms with Crippen molar-refractivity contribution in [2.45, 2.75) is 60.3 Å². The second-order valence-corrected chi connectivity index (χ2v) is 7.13. The Labute approximate surface area is 117 Å². The first kappa shape index (κ1) is 16.2. The monoisotopic (exact) mass is 268 g/mol. The van der Waals surface area contributed by atoms with Crippen LogP contribution in [0.1, 0.15) is 60.3 Å². The average Bonchev–Trinajstić information content (AvgIpc) is 2.34. The number of Topliss-reactive ketones (excluding diaryl/α,β-unsaturated/α-hetero) is 1. The van der Waals surface area contributed by atoms with Gasteiger partial charge in [0, 0.05) is 11.3 Å². The highest BCUT2D eigenvalue weighted by Crippen LogP contribution is 2.34. The third-order valence-electron chi connectivity index (χ3n) is 3.83. The summed E-state index contributed by atoms with van der Waals surface area (Å²) < 4.78 is 5.31. The van der Waals surface area contributed by atoms with Crippen molar-refractivity contribution < 1.29 is 14.3 Å².